The number of nitrogens with one attached hydrogen (secondary N) is 1. The van der Waals surface area contributed by atoms with Crippen LogP contribution in [0.3, 0.4) is 0 Å². The van der Waals surface area contributed by atoms with Crippen molar-refractivity contribution in [1.29, 1.82) is 0 Å². The van der Waals surface area contributed by atoms with Gasteiger partial charge in [0.2, 0.25) is 5.91 Å². The van der Waals surface area contributed by atoms with Crippen LogP contribution in [0.4, 0.5) is 0 Å². The van der Waals surface area contributed by atoms with Crippen LogP contribution in [-0.2, 0) is 11.2 Å². The van der Waals surface area contributed by atoms with Crippen LogP contribution in [0, 0.1) is 5.92 Å². The van der Waals surface area contributed by atoms with Gasteiger partial charge in [-0.25, -0.2) is 0 Å². The van der Waals surface area contributed by atoms with Crippen molar-refractivity contribution in [3.63, 3.8) is 0 Å². The van der Waals surface area contributed by atoms with E-state index in [-0.39, 0.29) is 5.91 Å². The lowest BCUT2D eigenvalue weighted by Crippen LogP contribution is -2.39. The molecule has 1 fully saturated rings. The van der Waals surface area contributed by atoms with Gasteiger partial charge in [-0.05, 0) is 63.4 Å². The predicted molar refractivity (Wildman–Crippen MR) is 85.0 cm³/mol. The zero-order valence-corrected chi connectivity index (χ0v) is 13.1. The molecule has 116 valence electrons. The van der Waals surface area contributed by atoms with Gasteiger partial charge in [-0.3, -0.25) is 9.78 Å². The van der Waals surface area contributed by atoms with E-state index in [1.54, 1.807) is 0 Å². The zero-order valence-electron chi connectivity index (χ0n) is 13.1. The molecule has 0 aliphatic carbocycles. The van der Waals surface area contributed by atoms with E-state index < -0.39 is 0 Å². The number of rotatable bonds is 7. The van der Waals surface area contributed by atoms with Gasteiger partial charge in [-0.15, -0.1) is 0 Å². The first-order chi connectivity index (χ1) is 10.3. The first-order valence-corrected chi connectivity index (χ1v) is 8.17. The average molecular weight is 289 g/mol. The summed E-state index contributed by atoms with van der Waals surface area (Å²) in [6.45, 7) is 6.24. The molecule has 0 spiro atoms. The summed E-state index contributed by atoms with van der Waals surface area (Å²) in [6.07, 6.45) is 7.10. The number of nitrogens with zero attached hydrogens (tertiary/aromatic N) is 2. The van der Waals surface area contributed by atoms with E-state index in [2.05, 4.69) is 27.3 Å². The van der Waals surface area contributed by atoms with Crippen molar-refractivity contribution < 1.29 is 4.79 Å². The highest BCUT2D eigenvalue weighted by atomic mass is 16.1. The van der Waals surface area contributed by atoms with Crippen molar-refractivity contribution in [2.75, 3.05) is 26.2 Å². The maximum Gasteiger partial charge on any atom is 0.219 e. The molecule has 0 saturated carbocycles. The van der Waals surface area contributed by atoms with Gasteiger partial charge in [0.15, 0.2) is 0 Å². The maximum absolute atomic E-state index is 11.3. The van der Waals surface area contributed by atoms with E-state index in [0.29, 0.717) is 12.3 Å². The van der Waals surface area contributed by atoms with Crippen LogP contribution in [0.25, 0.3) is 0 Å². The zero-order chi connectivity index (χ0) is 14.9. The normalized spacial score (nSPS) is 16.8. The van der Waals surface area contributed by atoms with E-state index >= 15 is 0 Å². The van der Waals surface area contributed by atoms with Crippen LogP contribution >= 0.6 is 0 Å². The smallest absolute Gasteiger partial charge is 0.219 e. The third kappa shape index (κ3) is 5.84. The van der Waals surface area contributed by atoms with Crippen LogP contribution in [0.1, 0.15) is 38.3 Å². The Bertz CT molecular complexity index is 413. The summed E-state index contributed by atoms with van der Waals surface area (Å²) in [7, 11) is 0. The Hall–Kier alpha value is -1.42. The highest BCUT2D eigenvalue weighted by Crippen LogP contribution is 2.16. The Morgan fingerprint density at radius 3 is 2.86 bits per heavy atom. The number of hydrogen-bond donors (Lipinski definition) is 1. The monoisotopic (exact) mass is 289 g/mol. The van der Waals surface area contributed by atoms with Crippen molar-refractivity contribution in [2.24, 2.45) is 5.92 Å². The highest BCUT2D eigenvalue weighted by Gasteiger charge is 2.19. The summed E-state index contributed by atoms with van der Waals surface area (Å²) < 4.78 is 0. The number of piperidine rings is 1. The molecule has 0 bridgehead atoms. The minimum Gasteiger partial charge on any atom is -0.356 e. The third-order valence-electron chi connectivity index (χ3n) is 4.25. The summed E-state index contributed by atoms with van der Waals surface area (Å²) in [5, 5.41) is 3.02. The Balaban J connectivity index is 1.58. The summed E-state index contributed by atoms with van der Waals surface area (Å²) in [4.78, 5) is 18.2. The van der Waals surface area contributed by atoms with Gasteiger partial charge in [0.05, 0.1) is 0 Å². The number of likely N-dealkylation sites (tertiary alicyclic amines) is 1. The molecule has 21 heavy (non-hydrogen) atoms. The van der Waals surface area contributed by atoms with Gasteiger partial charge in [0.1, 0.15) is 0 Å². The molecule has 1 aromatic rings. The largest absolute Gasteiger partial charge is 0.356 e. The maximum atomic E-state index is 11.3. The fraction of sp³-hybridized carbons (Fsp3) is 0.647. The number of carbonyl (C=O) groups is 1. The van der Waals surface area contributed by atoms with Crippen LogP contribution in [-0.4, -0.2) is 42.0 Å². The fourth-order valence-corrected chi connectivity index (χ4v) is 2.83. The Kier molecular flexibility index (Phi) is 6.67. The molecule has 4 heteroatoms. The Morgan fingerprint density at radius 1 is 1.38 bits per heavy atom. The van der Waals surface area contributed by atoms with E-state index in [9.17, 15) is 4.79 Å². The van der Waals surface area contributed by atoms with E-state index in [4.69, 9.17) is 0 Å². The fourth-order valence-electron chi connectivity index (χ4n) is 2.83. The van der Waals surface area contributed by atoms with Crippen LogP contribution in [0.2, 0.25) is 0 Å². The van der Waals surface area contributed by atoms with Gasteiger partial charge in [0, 0.05) is 24.9 Å². The van der Waals surface area contributed by atoms with E-state index in [1.165, 1.54) is 25.0 Å². The summed E-state index contributed by atoms with van der Waals surface area (Å²) >= 11 is 0. The molecule has 0 atom stereocenters. The quantitative estimate of drug-likeness (QED) is 0.837. The molecule has 1 aromatic heterocycles. The molecule has 4 nitrogen and oxygen atoms in total. The number of aryl methyl sites for hydroxylation is 1. The van der Waals surface area contributed by atoms with Crippen molar-refractivity contribution in [3.05, 3.63) is 30.1 Å². The first kappa shape index (κ1) is 16.0. The minimum absolute atomic E-state index is 0.174. The molecular formula is C17H27N3O. The van der Waals surface area contributed by atoms with Crippen LogP contribution in [0.5, 0.6) is 0 Å². The molecule has 1 N–H and O–H groups in total. The van der Waals surface area contributed by atoms with Gasteiger partial charge >= 0.3 is 0 Å². The Morgan fingerprint density at radius 2 is 2.19 bits per heavy atom. The molecule has 1 saturated heterocycles. The summed E-state index contributed by atoms with van der Waals surface area (Å²) in [6, 6.07) is 6.12. The topological polar surface area (TPSA) is 45.2 Å². The number of hydrogen-bond acceptors (Lipinski definition) is 3. The Labute approximate surface area is 127 Å². The molecule has 2 rings (SSSR count). The predicted octanol–water partition coefficient (Wildman–Crippen LogP) is 2.25. The highest BCUT2D eigenvalue weighted by molar-refractivity contribution is 5.75. The first-order valence-electron chi connectivity index (χ1n) is 8.17. The minimum atomic E-state index is 0.174. The molecule has 2 heterocycles. The second-order valence-corrected chi connectivity index (χ2v) is 5.87. The number of aromatic nitrogens is 1. The summed E-state index contributed by atoms with van der Waals surface area (Å²) in [5.74, 6) is 0.834. The third-order valence-corrected chi connectivity index (χ3v) is 4.25. The second kappa shape index (κ2) is 8.78. The van der Waals surface area contributed by atoms with Gasteiger partial charge in [0.25, 0.3) is 0 Å². The number of carbonyl (C=O) groups excluding carboxylic acids is 1. The lowest BCUT2D eigenvalue weighted by atomic mass is 9.96. The molecule has 1 aliphatic heterocycles. The number of amides is 1. The SMILES string of the molecule is CCC(=O)NCC1CCN(CCCc2ccccn2)CC1. The van der Waals surface area contributed by atoms with Gasteiger partial charge in [-0.2, -0.15) is 0 Å². The lowest BCUT2D eigenvalue weighted by molar-refractivity contribution is -0.121. The van der Waals surface area contributed by atoms with Gasteiger partial charge < -0.3 is 10.2 Å². The average Bonchev–Trinajstić information content (AvgIpc) is 2.55. The van der Waals surface area contributed by atoms with Crippen molar-refractivity contribution in [2.45, 2.75) is 39.0 Å². The molecule has 1 amide bonds. The summed E-state index contributed by atoms with van der Waals surface area (Å²) in [5.41, 5.74) is 1.19. The molecule has 1 aliphatic rings. The standard InChI is InChI=1S/C17H27N3O/c1-2-17(21)19-14-15-8-12-20(13-9-15)11-5-7-16-6-3-4-10-18-16/h3-4,6,10,15H,2,5,7-9,11-14H2,1H3,(H,19,21). The number of pyridine rings is 1. The molecule has 0 aromatic carbocycles. The van der Waals surface area contributed by atoms with E-state index in [1.807, 2.05) is 19.2 Å². The van der Waals surface area contributed by atoms with E-state index in [0.717, 1.165) is 32.6 Å². The molecule has 0 radical (unpaired) electrons. The second-order valence-electron chi connectivity index (χ2n) is 5.87. The molecule has 0 unspecified atom stereocenters. The lowest BCUT2D eigenvalue weighted by Gasteiger charge is -2.32. The molecular weight excluding hydrogens is 262 g/mol. The van der Waals surface area contributed by atoms with Crippen molar-refractivity contribution in [3.8, 4) is 0 Å². The van der Waals surface area contributed by atoms with Crippen LogP contribution in [0.15, 0.2) is 24.4 Å². The van der Waals surface area contributed by atoms with Crippen molar-refractivity contribution >= 4 is 5.91 Å². The van der Waals surface area contributed by atoms with Crippen molar-refractivity contribution in [1.82, 2.24) is 15.2 Å². The van der Waals surface area contributed by atoms with Gasteiger partial charge in [-0.1, -0.05) is 13.0 Å². The van der Waals surface area contributed by atoms with Crippen LogP contribution < -0.4 is 5.32 Å².